The van der Waals surface area contributed by atoms with Gasteiger partial charge in [0.1, 0.15) is 0 Å². The van der Waals surface area contributed by atoms with Crippen molar-refractivity contribution in [2.24, 2.45) is 5.41 Å². The molecule has 1 aromatic carbocycles. The van der Waals surface area contributed by atoms with Gasteiger partial charge in [0.15, 0.2) is 0 Å². The van der Waals surface area contributed by atoms with Crippen LogP contribution in [-0.2, 0) is 10.0 Å². The van der Waals surface area contributed by atoms with Gasteiger partial charge < -0.3 is 10.8 Å². The summed E-state index contributed by atoms with van der Waals surface area (Å²) in [5.41, 5.74) is 6.03. The summed E-state index contributed by atoms with van der Waals surface area (Å²) in [5.74, 6) is 0. The van der Waals surface area contributed by atoms with Crippen LogP contribution in [0.3, 0.4) is 0 Å². The maximum absolute atomic E-state index is 12.1. The Morgan fingerprint density at radius 1 is 1.40 bits per heavy atom. The number of anilines is 1. The summed E-state index contributed by atoms with van der Waals surface area (Å²) in [6.45, 7) is 5.95. The molecule has 20 heavy (non-hydrogen) atoms. The first kappa shape index (κ1) is 17.4. The number of nitrogens with two attached hydrogens (primary N) is 1. The predicted molar refractivity (Wildman–Crippen MR) is 83.8 cm³/mol. The average molecular weight is 365 g/mol. The molecule has 1 rings (SSSR count). The number of nitrogen functional groups attached to an aromatic ring is 1. The van der Waals surface area contributed by atoms with E-state index >= 15 is 0 Å². The molecule has 0 radical (unpaired) electrons. The van der Waals surface area contributed by atoms with E-state index < -0.39 is 16.1 Å². The standard InChI is InChI=1S/C13H21BrN2O3S/c1-13(2,3)7-9(17)8-16-20(18,19)10-4-5-12(15)11(14)6-10/h4-6,9,16-17H,7-8,15H2,1-3H3. The Kier molecular flexibility index (Phi) is 5.60. The third-order valence-electron chi connectivity index (χ3n) is 2.64. The average Bonchev–Trinajstić information content (AvgIpc) is 2.28. The van der Waals surface area contributed by atoms with Crippen LogP contribution in [0.4, 0.5) is 5.69 Å². The number of aliphatic hydroxyl groups is 1. The van der Waals surface area contributed by atoms with Crippen LogP contribution in [0, 0.1) is 5.41 Å². The predicted octanol–water partition coefficient (Wildman–Crippen LogP) is 2.11. The van der Waals surface area contributed by atoms with E-state index in [1.165, 1.54) is 18.2 Å². The Labute approximate surface area is 128 Å². The molecule has 0 aliphatic rings. The Morgan fingerprint density at radius 2 is 2.00 bits per heavy atom. The van der Waals surface area contributed by atoms with Gasteiger partial charge in [-0.1, -0.05) is 20.8 Å². The SMILES string of the molecule is CC(C)(C)CC(O)CNS(=O)(=O)c1ccc(N)c(Br)c1. The van der Waals surface area contributed by atoms with Crippen molar-refractivity contribution in [3.05, 3.63) is 22.7 Å². The lowest BCUT2D eigenvalue weighted by Crippen LogP contribution is -2.34. The van der Waals surface area contributed by atoms with E-state index in [0.717, 1.165) is 0 Å². The van der Waals surface area contributed by atoms with Crippen LogP contribution >= 0.6 is 15.9 Å². The van der Waals surface area contributed by atoms with Crippen molar-refractivity contribution in [2.75, 3.05) is 12.3 Å². The first-order chi connectivity index (χ1) is 9.01. The number of aliphatic hydroxyl groups excluding tert-OH is 1. The summed E-state index contributed by atoms with van der Waals surface area (Å²) in [6, 6.07) is 4.39. The van der Waals surface area contributed by atoms with Crippen LogP contribution in [0.2, 0.25) is 0 Å². The second kappa shape index (κ2) is 6.43. The zero-order chi connectivity index (χ0) is 15.6. The number of halogens is 1. The first-order valence-electron chi connectivity index (χ1n) is 6.24. The molecule has 0 amide bonds. The molecule has 0 fully saturated rings. The smallest absolute Gasteiger partial charge is 0.240 e. The molecule has 0 spiro atoms. The molecule has 0 saturated carbocycles. The summed E-state index contributed by atoms with van der Waals surface area (Å²) < 4.78 is 27.1. The fraction of sp³-hybridized carbons (Fsp3) is 0.538. The summed E-state index contributed by atoms with van der Waals surface area (Å²) >= 11 is 3.19. The number of sulfonamides is 1. The van der Waals surface area contributed by atoms with Gasteiger partial charge in [-0.25, -0.2) is 13.1 Å². The molecule has 7 heteroatoms. The molecule has 1 atom stereocenters. The zero-order valence-electron chi connectivity index (χ0n) is 11.9. The highest BCUT2D eigenvalue weighted by Gasteiger charge is 2.20. The van der Waals surface area contributed by atoms with E-state index in [4.69, 9.17) is 5.73 Å². The molecule has 0 bridgehead atoms. The fourth-order valence-electron chi connectivity index (χ4n) is 1.74. The Bertz CT molecular complexity index is 567. The van der Waals surface area contributed by atoms with Crippen LogP contribution in [-0.4, -0.2) is 26.2 Å². The molecular formula is C13H21BrN2O3S. The van der Waals surface area contributed by atoms with E-state index in [1.807, 2.05) is 20.8 Å². The molecule has 0 aromatic heterocycles. The van der Waals surface area contributed by atoms with Gasteiger partial charge in [-0.2, -0.15) is 0 Å². The van der Waals surface area contributed by atoms with Crippen molar-refractivity contribution in [3.63, 3.8) is 0 Å². The molecule has 5 nitrogen and oxygen atoms in total. The lowest BCUT2D eigenvalue weighted by molar-refractivity contribution is 0.125. The Morgan fingerprint density at radius 3 is 2.50 bits per heavy atom. The van der Waals surface area contributed by atoms with Crippen LogP contribution < -0.4 is 10.5 Å². The van der Waals surface area contributed by atoms with Crippen LogP contribution in [0.1, 0.15) is 27.2 Å². The van der Waals surface area contributed by atoms with Gasteiger partial charge >= 0.3 is 0 Å². The van der Waals surface area contributed by atoms with E-state index in [1.54, 1.807) is 0 Å². The number of nitrogens with one attached hydrogen (secondary N) is 1. The van der Waals surface area contributed by atoms with Crippen molar-refractivity contribution in [1.29, 1.82) is 0 Å². The molecule has 114 valence electrons. The highest BCUT2D eigenvalue weighted by molar-refractivity contribution is 9.10. The van der Waals surface area contributed by atoms with E-state index in [9.17, 15) is 13.5 Å². The monoisotopic (exact) mass is 364 g/mol. The number of hydrogen-bond donors (Lipinski definition) is 3. The molecule has 1 aromatic rings. The normalized spacial score (nSPS) is 14.2. The number of benzene rings is 1. The van der Waals surface area contributed by atoms with Gasteiger partial charge in [-0.3, -0.25) is 0 Å². The van der Waals surface area contributed by atoms with Crippen molar-refractivity contribution < 1.29 is 13.5 Å². The molecule has 0 aliphatic heterocycles. The molecule has 4 N–H and O–H groups in total. The van der Waals surface area contributed by atoms with Crippen molar-refractivity contribution in [1.82, 2.24) is 4.72 Å². The van der Waals surface area contributed by atoms with Gasteiger partial charge in [-0.15, -0.1) is 0 Å². The molecule has 0 heterocycles. The van der Waals surface area contributed by atoms with E-state index in [2.05, 4.69) is 20.7 Å². The minimum Gasteiger partial charge on any atom is -0.398 e. The third-order valence-corrected chi connectivity index (χ3v) is 4.75. The highest BCUT2D eigenvalue weighted by Crippen LogP contribution is 2.23. The topological polar surface area (TPSA) is 92.4 Å². The molecule has 0 aliphatic carbocycles. The summed E-state index contributed by atoms with van der Waals surface area (Å²) in [7, 11) is -3.65. The fourth-order valence-corrected chi connectivity index (χ4v) is 3.37. The largest absolute Gasteiger partial charge is 0.398 e. The minimum absolute atomic E-state index is 0.0123. The summed E-state index contributed by atoms with van der Waals surface area (Å²) in [5, 5.41) is 9.84. The molecule has 0 saturated heterocycles. The first-order valence-corrected chi connectivity index (χ1v) is 8.52. The maximum Gasteiger partial charge on any atom is 0.240 e. The van der Waals surface area contributed by atoms with Gasteiger partial charge in [0.2, 0.25) is 10.0 Å². The van der Waals surface area contributed by atoms with Crippen LogP contribution in [0.5, 0.6) is 0 Å². The Balaban J connectivity index is 2.73. The van der Waals surface area contributed by atoms with Gasteiger partial charge in [0, 0.05) is 16.7 Å². The highest BCUT2D eigenvalue weighted by atomic mass is 79.9. The number of rotatable bonds is 5. The van der Waals surface area contributed by atoms with Crippen LogP contribution in [0.25, 0.3) is 0 Å². The van der Waals surface area contributed by atoms with E-state index in [-0.39, 0.29) is 16.9 Å². The van der Waals surface area contributed by atoms with Gasteiger partial charge in [0.05, 0.1) is 11.0 Å². The van der Waals surface area contributed by atoms with Crippen molar-refractivity contribution in [3.8, 4) is 0 Å². The van der Waals surface area contributed by atoms with Crippen molar-refractivity contribution >= 4 is 31.6 Å². The lowest BCUT2D eigenvalue weighted by Gasteiger charge is -2.22. The minimum atomic E-state index is -3.65. The quantitative estimate of drug-likeness (QED) is 0.697. The second-order valence-corrected chi connectivity index (χ2v) is 8.58. The van der Waals surface area contributed by atoms with Crippen molar-refractivity contribution in [2.45, 2.75) is 38.2 Å². The number of hydrogen-bond acceptors (Lipinski definition) is 4. The van der Waals surface area contributed by atoms with Gasteiger partial charge in [0.25, 0.3) is 0 Å². The third kappa shape index (κ3) is 5.40. The Hall–Kier alpha value is -0.630. The zero-order valence-corrected chi connectivity index (χ0v) is 14.3. The second-order valence-electron chi connectivity index (χ2n) is 5.95. The van der Waals surface area contributed by atoms with E-state index in [0.29, 0.717) is 16.6 Å². The summed E-state index contributed by atoms with van der Waals surface area (Å²) in [6.07, 6.45) is -0.206. The maximum atomic E-state index is 12.1. The lowest BCUT2D eigenvalue weighted by atomic mass is 9.89. The van der Waals surface area contributed by atoms with Gasteiger partial charge in [-0.05, 0) is 46.0 Å². The molecular weight excluding hydrogens is 344 g/mol. The summed E-state index contributed by atoms with van der Waals surface area (Å²) in [4.78, 5) is 0.113. The molecule has 1 unspecified atom stereocenters. The van der Waals surface area contributed by atoms with Crippen LogP contribution in [0.15, 0.2) is 27.6 Å².